The van der Waals surface area contributed by atoms with Gasteiger partial charge in [0.1, 0.15) is 5.76 Å². The molecule has 1 saturated heterocycles. The van der Waals surface area contributed by atoms with E-state index in [0.717, 1.165) is 89.9 Å². The van der Waals surface area contributed by atoms with Gasteiger partial charge < -0.3 is 24.9 Å². The molecule has 0 spiro atoms. The summed E-state index contributed by atoms with van der Waals surface area (Å²) in [4.78, 5) is 7.27. The molecular formula is C22H40N4O3. The normalized spacial score (nSPS) is 16.9. The second kappa shape index (κ2) is 14.4. The molecule has 0 saturated carbocycles. The summed E-state index contributed by atoms with van der Waals surface area (Å²) in [5.41, 5.74) is 0. The first-order valence-corrected chi connectivity index (χ1v) is 11.1. The van der Waals surface area contributed by atoms with Crippen LogP contribution in [-0.4, -0.2) is 75.1 Å². The Morgan fingerprint density at radius 1 is 1.24 bits per heavy atom. The molecular weight excluding hydrogens is 368 g/mol. The van der Waals surface area contributed by atoms with Crippen molar-refractivity contribution >= 4 is 5.96 Å². The third-order valence-electron chi connectivity index (χ3n) is 5.14. The first kappa shape index (κ1) is 23.7. The highest BCUT2D eigenvalue weighted by Gasteiger charge is 2.12. The molecule has 0 bridgehead atoms. The van der Waals surface area contributed by atoms with E-state index in [1.165, 1.54) is 0 Å². The summed E-state index contributed by atoms with van der Waals surface area (Å²) in [7, 11) is 0. The van der Waals surface area contributed by atoms with Gasteiger partial charge in [-0.05, 0) is 49.8 Å². The van der Waals surface area contributed by atoms with Gasteiger partial charge in [0.25, 0.3) is 0 Å². The number of aliphatic hydroxyl groups is 1. The molecule has 0 radical (unpaired) electrons. The zero-order valence-electron chi connectivity index (χ0n) is 18.2. The molecule has 1 aliphatic heterocycles. The predicted octanol–water partition coefficient (Wildman–Crippen LogP) is 2.12. The molecule has 0 amide bonds. The number of ether oxygens (including phenoxy) is 1. The van der Waals surface area contributed by atoms with Gasteiger partial charge in [-0.25, -0.2) is 0 Å². The Balaban J connectivity index is 1.79. The first-order chi connectivity index (χ1) is 14.2. The standard InChI is InChI=1S/C22H40N4O3/c1-19(2)17-20(7-13-27)18-25-22(24-9-6-21-5-3-14-29-21)23-8-4-10-26-11-15-28-16-12-26/h3,5,14,19-20,27H,4,6-13,15-18H2,1-2H3,(H2,23,24,25). The van der Waals surface area contributed by atoms with E-state index in [1.54, 1.807) is 6.26 Å². The molecule has 1 unspecified atom stereocenters. The lowest BCUT2D eigenvalue weighted by Crippen LogP contribution is -2.41. The topological polar surface area (TPSA) is 82.3 Å². The Morgan fingerprint density at radius 2 is 2.03 bits per heavy atom. The van der Waals surface area contributed by atoms with Crippen molar-refractivity contribution in [2.24, 2.45) is 16.8 Å². The van der Waals surface area contributed by atoms with Gasteiger partial charge in [-0.2, -0.15) is 0 Å². The zero-order chi connectivity index (χ0) is 20.7. The highest BCUT2D eigenvalue weighted by Crippen LogP contribution is 2.15. The zero-order valence-corrected chi connectivity index (χ0v) is 18.2. The van der Waals surface area contributed by atoms with Gasteiger partial charge in [-0.1, -0.05) is 13.8 Å². The molecule has 7 nitrogen and oxygen atoms in total. The maximum atomic E-state index is 9.36. The lowest BCUT2D eigenvalue weighted by atomic mass is 9.94. The molecule has 166 valence electrons. The summed E-state index contributed by atoms with van der Waals surface area (Å²) in [6.45, 7) is 11.9. The highest BCUT2D eigenvalue weighted by atomic mass is 16.5. The monoisotopic (exact) mass is 408 g/mol. The number of aliphatic imine (C=N–C) groups is 1. The summed E-state index contributed by atoms with van der Waals surface area (Å²) < 4.78 is 10.8. The van der Waals surface area contributed by atoms with Crippen molar-refractivity contribution in [2.75, 3.05) is 59.1 Å². The highest BCUT2D eigenvalue weighted by molar-refractivity contribution is 5.79. The molecule has 0 aliphatic carbocycles. The largest absolute Gasteiger partial charge is 0.469 e. The van der Waals surface area contributed by atoms with Gasteiger partial charge >= 0.3 is 0 Å². The molecule has 1 aromatic heterocycles. The fourth-order valence-electron chi connectivity index (χ4n) is 3.62. The molecule has 7 heteroatoms. The van der Waals surface area contributed by atoms with Crippen molar-refractivity contribution in [2.45, 2.75) is 39.5 Å². The van der Waals surface area contributed by atoms with Crippen molar-refractivity contribution in [3.63, 3.8) is 0 Å². The van der Waals surface area contributed by atoms with Crippen LogP contribution >= 0.6 is 0 Å². The summed E-state index contributed by atoms with van der Waals surface area (Å²) in [5, 5.41) is 16.3. The van der Waals surface area contributed by atoms with Crippen LogP contribution in [0.3, 0.4) is 0 Å². The van der Waals surface area contributed by atoms with Crippen molar-refractivity contribution in [3.8, 4) is 0 Å². The van der Waals surface area contributed by atoms with Crippen LogP contribution in [0.15, 0.2) is 27.8 Å². The molecule has 2 rings (SSSR count). The predicted molar refractivity (Wildman–Crippen MR) is 117 cm³/mol. The maximum Gasteiger partial charge on any atom is 0.191 e. The van der Waals surface area contributed by atoms with Crippen LogP contribution < -0.4 is 10.6 Å². The molecule has 1 aromatic rings. The van der Waals surface area contributed by atoms with Crippen LogP contribution in [0.4, 0.5) is 0 Å². The maximum absolute atomic E-state index is 9.36. The molecule has 0 aromatic carbocycles. The molecule has 1 fully saturated rings. The van der Waals surface area contributed by atoms with Crippen molar-refractivity contribution in [1.82, 2.24) is 15.5 Å². The number of nitrogens with one attached hydrogen (secondary N) is 2. The van der Waals surface area contributed by atoms with E-state index in [0.29, 0.717) is 11.8 Å². The fraction of sp³-hybridized carbons (Fsp3) is 0.773. The fourth-order valence-corrected chi connectivity index (χ4v) is 3.62. The van der Waals surface area contributed by atoms with Gasteiger partial charge in [0.2, 0.25) is 0 Å². The van der Waals surface area contributed by atoms with E-state index >= 15 is 0 Å². The first-order valence-electron chi connectivity index (χ1n) is 11.1. The van der Waals surface area contributed by atoms with Crippen molar-refractivity contribution in [1.29, 1.82) is 0 Å². The van der Waals surface area contributed by atoms with Gasteiger partial charge in [0.05, 0.1) is 19.5 Å². The number of morpholine rings is 1. The minimum atomic E-state index is 0.223. The number of rotatable bonds is 13. The van der Waals surface area contributed by atoms with E-state index in [-0.39, 0.29) is 6.61 Å². The van der Waals surface area contributed by atoms with Crippen LogP contribution in [0, 0.1) is 11.8 Å². The van der Waals surface area contributed by atoms with Gasteiger partial charge in [-0.15, -0.1) is 0 Å². The summed E-state index contributed by atoms with van der Waals surface area (Å²) >= 11 is 0. The third-order valence-corrected chi connectivity index (χ3v) is 5.14. The molecule has 2 heterocycles. The van der Waals surface area contributed by atoms with Crippen LogP contribution in [0.5, 0.6) is 0 Å². The Hall–Kier alpha value is -1.57. The number of hydrogen-bond donors (Lipinski definition) is 3. The van der Waals surface area contributed by atoms with E-state index in [1.807, 2.05) is 12.1 Å². The molecule has 29 heavy (non-hydrogen) atoms. The van der Waals surface area contributed by atoms with Crippen molar-refractivity contribution in [3.05, 3.63) is 24.2 Å². The SMILES string of the molecule is CC(C)CC(CCO)CN=C(NCCCN1CCOCC1)NCCc1ccco1. The average molecular weight is 409 g/mol. The van der Waals surface area contributed by atoms with Crippen LogP contribution in [-0.2, 0) is 11.2 Å². The van der Waals surface area contributed by atoms with E-state index < -0.39 is 0 Å². The number of hydrogen-bond acceptors (Lipinski definition) is 5. The van der Waals surface area contributed by atoms with E-state index in [4.69, 9.17) is 14.1 Å². The summed E-state index contributed by atoms with van der Waals surface area (Å²) in [6, 6.07) is 3.91. The Bertz CT molecular complexity index is 542. The smallest absolute Gasteiger partial charge is 0.191 e. The second-order valence-corrected chi connectivity index (χ2v) is 8.19. The average Bonchev–Trinajstić information content (AvgIpc) is 3.22. The van der Waals surface area contributed by atoms with Crippen LogP contribution in [0.25, 0.3) is 0 Å². The summed E-state index contributed by atoms with van der Waals surface area (Å²) in [6.07, 6.45) is 5.50. The molecule has 1 atom stereocenters. The van der Waals surface area contributed by atoms with Gasteiger partial charge in [0.15, 0.2) is 5.96 Å². The van der Waals surface area contributed by atoms with Crippen LogP contribution in [0.2, 0.25) is 0 Å². The number of aliphatic hydroxyl groups excluding tert-OH is 1. The van der Waals surface area contributed by atoms with E-state index in [9.17, 15) is 5.11 Å². The second-order valence-electron chi connectivity index (χ2n) is 8.19. The number of nitrogens with zero attached hydrogens (tertiary/aromatic N) is 2. The number of furan rings is 1. The number of guanidine groups is 1. The molecule has 1 aliphatic rings. The Morgan fingerprint density at radius 3 is 2.72 bits per heavy atom. The summed E-state index contributed by atoms with van der Waals surface area (Å²) in [5.74, 6) is 2.85. The van der Waals surface area contributed by atoms with E-state index in [2.05, 4.69) is 29.4 Å². The third kappa shape index (κ3) is 10.7. The quantitative estimate of drug-likeness (QED) is 0.264. The Kier molecular flexibility index (Phi) is 11.8. The van der Waals surface area contributed by atoms with Gasteiger partial charge in [-0.3, -0.25) is 9.89 Å². The minimum Gasteiger partial charge on any atom is -0.469 e. The lowest BCUT2D eigenvalue weighted by molar-refractivity contribution is 0.0376. The Labute approximate surface area is 175 Å². The van der Waals surface area contributed by atoms with Gasteiger partial charge in [0, 0.05) is 45.8 Å². The molecule has 3 N–H and O–H groups in total. The lowest BCUT2D eigenvalue weighted by Gasteiger charge is -2.26. The minimum absolute atomic E-state index is 0.223. The van der Waals surface area contributed by atoms with Crippen LogP contribution in [0.1, 0.15) is 38.9 Å². The van der Waals surface area contributed by atoms with Crippen molar-refractivity contribution < 1.29 is 14.3 Å².